The zero-order chi connectivity index (χ0) is 15.1. The van der Waals surface area contributed by atoms with Gasteiger partial charge in [-0.3, -0.25) is 5.32 Å². The SMILES string of the molecule is COC(=O)[C@H](NCc1ccccc1OC)c1ccccc1. The number of carbonyl (C=O) groups excluding carboxylic acids is 1. The minimum Gasteiger partial charge on any atom is -0.496 e. The molecule has 0 spiro atoms. The summed E-state index contributed by atoms with van der Waals surface area (Å²) in [6.07, 6.45) is 0. The van der Waals surface area contributed by atoms with Crippen molar-refractivity contribution in [3.05, 3.63) is 65.7 Å². The van der Waals surface area contributed by atoms with Gasteiger partial charge in [-0.25, -0.2) is 4.79 Å². The molecule has 0 fully saturated rings. The summed E-state index contributed by atoms with van der Waals surface area (Å²) in [5.41, 5.74) is 1.86. The Balaban J connectivity index is 2.15. The van der Waals surface area contributed by atoms with Crippen molar-refractivity contribution in [2.75, 3.05) is 14.2 Å². The highest BCUT2D eigenvalue weighted by Crippen LogP contribution is 2.20. The maximum absolute atomic E-state index is 12.0. The van der Waals surface area contributed by atoms with Crippen LogP contribution >= 0.6 is 0 Å². The van der Waals surface area contributed by atoms with Gasteiger partial charge in [0.2, 0.25) is 0 Å². The first-order valence-corrected chi connectivity index (χ1v) is 6.74. The summed E-state index contributed by atoms with van der Waals surface area (Å²) < 4.78 is 10.2. The van der Waals surface area contributed by atoms with Crippen LogP contribution in [0.1, 0.15) is 17.2 Å². The molecule has 2 aromatic rings. The molecule has 1 atom stereocenters. The molecule has 0 radical (unpaired) electrons. The van der Waals surface area contributed by atoms with E-state index in [0.29, 0.717) is 6.54 Å². The molecule has 0 aliphatic heterocycles. The highest BCUT2D eigenvalue weighted by atomic mass is 16.5. The smallest absolute Gasteiger partial charge is 0.327 e. The van der Waals surface area contributed by atoms with Crippen LogP contribution in [-0.4, -0.2) is 20.2 Å². The monoisotopic (exact) mass is 285 g/mol. The number of hydrogen-bond acceptors (Lipinski definition) is 4. The van der Waals surface area contributed by atoms with Gasteiger partial charge >= 0.3 is 5.97 Å². The Morgan fingerprint density at radius 1 is 1.05 bits per heavy atom. The molecule has 1 N–H and O–H groups in total. The summed E-state index contributed by atoms with van der Waals surface area (Å²) in [6.45, 7) is 0.513. The molecule has 4 heteroatoms. The van der Waals surface area contributed by atoms with Crippen LogP contribution in [0.15, 0.2) is 54.6 Å². The molecule has 21 heavy (non-hydrogen) atoms. The van der Waals surface area contributed by atoms with Crippen LogP contribution in [0.4, 0.5) is 0 Å². The van der Waals surface area contributed by atoms with Gasteiger partial charge < -0.3 is 9.47 Å². The molecule has 0 aliphatic rings. The molecule has 0 aliphatic carbocycles. The van der Waals surface area contributed by atoms with E-state index < -0.39 is 6.04 Å². The molecule has 0 saturated heterocycles. The lowest BCUT2D eigenvalue weighted by Gasteiger charge is -2.17. The number of methoxy groups -OCH3 is 2. The van der Waals surface area contributed by atoms with Crippen LogP contribution in [0.3, 0.4) is 0 Å². The normalized spacial score (nSPS) is 11.7. The van der Waals surface area contributed by atoms with E-state index in [1.807, 2.05) is 54.6 Å². The third-order valence-corrected chi connectivity index (χ3v) is 3.26. The van der Waals surface area contributed by atoms with Gasteiger partial charge in [-0.1, -0.05) is 48.5 Å². The van der Waals surface area contributed by atoms with Crippen molar-refractivity contribution in [1.29, 1.82) is 0 Å². The molecular weight excluding hydrogens is 266 g/mol. The second-order valence-corrected chi connectivity index (χ2v) is 4.56. The predicted octanol–water partition coefficient (Wildman–Crippen LogP) is 2.70. The fourth-order valence-electron chi connectivity index (χ4n) is 2.16. The molecule has 0 amide bonds. The highest BCUT2D eigenvalue weighted by Gasteiger charge is 2.20. The maximum atomic E-state index is 12.0. The number of ether oxygens (including phenoxy) is 2. The van der Waals surface area contributed by atoms with E-state index in [1.165, 1.54) is 7.11 Å². The molecule has 110 valence electrons. The average Bonchev–Trinajstić information content (AvgIpc) is 2.56. The Hall–Kier alpha value is -2.33. The maximum Gasteiger partial charge on any atom is 0.327 e. The minimum absolute atomic E-state index is 0.309. The van der Waals surface area contributed by atoms with Crippen LogP contribution in [0.2, 0.25) is 0 Å². The van der Waals surface area contributed by atoms with E-state index in [1.54, 1.807) is 7.11 Å². The van der Waals surface area contributed by atoms with Crippen LogP contribution in [0.5, 0.6) is 5.75 Å². The van der Waals surface area contributed by atoms with Crippen molar-refractivity contribution >= 4 is 5.97 Å². The summed E-state index contributed by atoms with van der Waals surface area (Å²) in [6, 6.07) is 16.7. The average molecular weight is 285 g/mol. The molecule has 0 saturated carbocycles. The fraction of sp³-hybridized carbons (Fsp3) is 0.235. The van der Waals surface area contributed by atoms with Crippen molar-refractivity contribution < 1.29 is 14.3 Å². The first kappa shape index (κ1) is 15.1. The molecule has 2 rings (SSSR count). The number of hydrogen-bond donors (Lipinski definition) is 1. The first-order valence-electron chi connectivity index (χ1n) is 6.74. The molecule has 0 aromatic heterocycles. The van der Waals surface area contributed by atoms with Crippen LogP contribution in [0, 0.1) is 0 Å². The molecular formula is C17H19NO3. The largest absolute Gasteiger partial charge is 0.496 e. The van der Waals surface area contributed by atoms with Crippen LogP contribution < -0.4 is 10.1 Å². The van der Waals surface area contributed by atoms with Gasteiger partial charge in [-0.2, -0.15) is 0 Å². The lowest BCUT2D eigenvalue weighted by molar-refractivity contribution is -0.143. The van der Waals surface area contributed by atoms with E-state index in [9.17, 15) is 4.79 Å². The topological polar surface area (TPSA) is 47.6 Å². The molecule has 2 aromatic carbocycles. The molecule has 0 unspecified atom stereocenters. The highest BCUT2D eigenvalue weighted by molar-refractivity contribution is 5.77. The van der Waals surface area contributed by atoms with Crippen molar-refractivity contribution in [2.24, 2.45) is 0 Å². The van der Waals surface area contributed by atoms with Gasteiger partial charge in [0.05, 0.1) is 14.2 Å². The minimum atomic E-state index is -0.499. The van der Waals surface area contributed by atoms with Crippen LogP contribution in [0.25, 0.3) is 0 Å². The van der Waals surface area contributed by atoms with Crippen LogP contribution in [-0.2, 0) is 16.1 Å². The second kappa shape index (κ2) is 7.45. The number of para-hydroxylation sites is 1. The van der Waals surface area contributed by atoms with Crippen molar-refractivity contribution in [1.82, 2.24) is 5.32 Å². The number of nitrogens with one attached hydrogen (secondary N) is 1. The quantitative estimate of drug-likeness (QED) is 0.829. The zero-order valence-electron chi connectivity index (χ0n) is 12.2. The Kier molecular flexibility index (Phi) is 5.35. The predicted molar refractivity (Wildman–Crippen MR) is 81.0 cm³/mol. The summed E-state index contributed by atoms with van der Waals surface area (Å²) in [4.78, 5) is 12.0. The van der Waals surface area contributed by atoms with E-state index >= 15 is 0 Å². The summed E-state index contributed by atoms with van der Waals surface area (Å²) in [5.74, 6) is 0.484. The van der Waals surface area contributed by atoms with Crippen molar-refractivity contribution in [3.63, 3.8) is 0 Å². The van der Waals surface area contributed by atoms with Gasteiger partial charge in [0.1, 0.15) is 11.8 Å². The molecule has 0 bridgehead atoms. The van der Waals surface area contributed by atoms with E-state index in [2.05, 4.69) is 5.32 Å². The van der Waals surface area contributed by atoms with Gasteiger partial charge in [-0.15, -0.1) is 0 Å². The standard InChI is InChI=1S/C17H19NO3/c1-20-15-11-7-6-10-14(15)12-18-16(17(19)21-2)13-8-4-3-5-9-13/h3-11,16,18H,12H2,1-2H3/t16-/m1/s1. The molecule has 0 heterocycles. The lowest BCUT2D eigenvalue weighted by Crippen LogP contribution is -2.29. The van der Waals surface area contributed by atoms with Gasteiger partial charge in [0.15, 0.2) is 0 Å². The number of benzene rings is 2. The summed E-state index contributed by atoms with van der Waals surface area (Å²) >= 11 is 0. The molecule has 4 nitrogen and oxygen atoms in total. The number of carbonyl (C=O) groups is 1. The second-order valence-electron chi connectivity index (χ2n) is 4.56. The van der Waals surface area contributed by atoms with E-state index in [-0.39, 0.29) is 5.97 Å². The van der Waals surface area contributed by atoms with E-state index in [4.69, 9.17) is 9.47 Å². The Morgan fingerprint density at radius 2 is 1.71 bits per heavy atom. The van der Waals surface area contributed by atoms with Crippen molar-refractivity contribution in [2.45, 2.75) is 12.6 Å². The fourth-order valence-corrected chi connectivity index (χ4v) is 2.16. The first-order chi connectivity index (χ1) is 10.3. The zero-order valence-corrected chi connectivity index (χ0v) is 12.2. The van der Waals surface area contributed by atoms with Gasteiger partial charge in [-0.05, 0) is 11.6 Å². The summed E-state index contributed by atoms with van der Waals surface area (Å²) in [7, 11) is 3.02. The third-order valence-electron chi connectivity index (χ3n) is 3.26. The lowest BCUT2D eigenvalue weighted by atomic mass is 10.1. The Bertz CT molecular complexity index is 584. The van der Waals surface area contributed by atoms with Gasteiger partial charge in [0.25, 0.3) is 0 Å². The van der Waals surface area contributed by atoms with E-state index in [0.717, 1.165) is 16.9 Å². The number of esters is 1. The number of rotatable bonds is 6. The Morgan fingerprint density at radius 3 is 2.38 bits per heavy atom. The van der Waals surface area contributed by atoms with Gasteiger partial charge in [0, 0.05) is 12.1 Å². The third kappa shape index (κ3) is 3.83. The van der Waals surface area contributed by atoms with Crippen molar-refractivity contribution in [3.8, 4) is 5.75 Å². The Labute approximate surface area is 124 Å². The summed E-state index contributed by atoms with van der Waals surface area (Å²) in [5, 5.41) is 3.22.